The van der Waals surface area contributed by atoms with Crippen LogP contribution in [0, 0.1) is 0 Å². The fourth-order valence-corrected chi connectivity index (χ4v) is 3.63. The van der Waals surface area contributed by atoms with Crippen molar-refractivity contribution in [2.45, 2.75) is 31.8 Å². The molecule has 0 aromatic carbocycles. The Morgan fingerprint density at radius 2 is 2.16 bits per heavy atom. The Bertz CT molecular complexity index is 1280. The van der Waals surface area contributed by atoms with Crippen LogP contribution >= 0.6 is 0 Å². The van der Waals surface area contributed by atoms with Crippen LogP contribution in [-0.2, 0) is 17.9 Å². The SMILES string of the molecule is N/C(=C\N(N)Cc1cn2cc(C3CC3)ccc2n1)C(=O)NCc1cc2cc[nH]c2cn1. The van der Waals surface area contributed by atoms with Crippen molar-refractivity contribution < 1.29 is 4.79 Å². The van der Waals surface area contributed by atoms with E-state index >= 15 is 0 Å². The first-order valence-corrected chi connectivity index (χ1v) is 10.2. The smallest absolute Gasteiger partial charge is 0.269 e. The molecule has 6 N–H and O–H groups in total. The van der Waals surface area contributed by atoms with Gasteiger partial charge in [0, 0.05) is 30.2 Å². The number of amides is 1. The molecule has 0 saturated heterocycles. The summed E-state index contributed by atoms with van der Waals surface area (Å²) in [5, 5.41) is 5.16. The van der Waals surface area contributed by atoms with Crippen molar-refractivity contribution in [3.8, 4) is 0 Å². The number of pyridine rings is 2. The molecule has 0 bridgehead atoms. The predicted molar refractivity (Wildman–Crippen MR) is 117 cm³/mol. The van der Waals surface area contributed by atoms with Gasteiger partial charge in [0.05, 0.1) is 36.2 Å². The lowest BCUT2D eigenvalue weighted by Crippen LogP contribution is -2.32. The summed E-state index contributed by atoms with van der Waals surface area (Å²) in [4.78, 5) is 24.3. The van der Waals surface area contributed by atoms with Crippen molar-refractivity contribution in [1.82, 2.24) is 29.7 Å². The standard InChI is InChI=1S/C22H24N8O/c23-19(22(31)27-8-17-7-15-5-6-25-20(15)9-26-17)13-30(24)12-18-11-29-10-16(14-1-2-14)3-4-21(29)28-18/h3-7,9-11,13-14,25H,1-2,8,12,23-24H2,(H,27,31)/b19-13-. The third-order valence-corrected chi connectivity index (χ3v) is 5.41. The van der Waals surface area contributed by atoms with Gasteiger partial charge in [-0.25, -0.2) is 10.8 Å². The number of rotatable bonds is 7. The van der Waals surface area contributed by atoms with Crippen LogP contribution in [0.4, 0.5) is 0 Å². The molecule has 0 unspecified atom stereocenters. The monoisotopic (exact) mass is 416 g/mol. The van der Waals surface area contributed by atoms with Gasteiger partial charge in [-0.15, -0.1) is 0 Å². The average Bonchev–Trinajstić information content (AvgIpc) is 3.37. The fraction of sp³-hybridized carbons (Fsp3) is 0.227. The van der Waals surface area contributed by atoms with Crippen molar-refractivity contribution >= 4 is 22.5 Å². The number of fused-ring (bicyclic) bond motifs is 2. The van der Waals surface area contributed by atoms with E-state index in [9.17, 15) is 4.79 Å². The van der Waals surface area contributed by atoms with Crippen molar-refractivity contribution in [2.75, 3.05) is 0 Å². The Labute approximate surface area is 178 Å². The normalized spacial score (nSPS) is 14.3. The zero-order chi connectivity index (χ0) is 21.4. The minimum Gasteiger partial charge on any atom is -0.393 e. The molecule has 0 spiro atoms. The van der Waals surface area contributed by atoms with Gasteiger partial charge in [0.2, 0.25) is 0 Å². The van der Waals surface area contributed by atoms with Gasteiger partial charge < -0.3 is 25.4 Å². The molecule has 4 aromatic rings. The second kappa shape index (κ2) is 7.77. The van der Waals surface area contributed by atoms with Crippen LogP contribution in [0.1, 0.15) is 35.7 Å². The van der Waals surface area contributed by atoms with E-state index in [1.54, 1.807) is 6.20 Å². The average molecular weight is 416 g/mol. The lowest BCUT2D eigenvalue weighted by Gasteiger charge is -2.13. The molecule has 1 aliphatic carbocycles. The summed E-state index contributed by atoms with van der Waals surface area (Å²) in [5.41, 5.74) is 10.6. The third kappa shape index (κ3) is 4.22. The molecule has 0 aliphatic heterocycles. The number of carbonyl (C=O) groups is 1. The number of aromatic amines is 1. The fourth-order valence-electron chi connectivity index (χ4n) is 3.63. The summed E-state index contributed by atoms with van der Waals surface area (Å²) in [6.07, 6.45) is 11.6. The number of H-pyrrole nitrogens is 1. The molecule has 31 heavy (non-hydrogen) atoms. The minimum absolute atomic E-state index is 0.0185. The minimum atomic E-state index is -0.407. The van der Waals surface area contributed by atoms with E-state index < -0.39 is 5.91 Å². The van der Waals surface area contributed by atoms with Crippen LogP contribution in [0.5, 0.6) is 0 Å². The molecular weight excluding hydrogens is 392 g/mol. The quantitative estimate of drug-likeness (QED) is 0.207. The van der Waals surface area contributed by atoms with Gasteiger partial charge in [-0.05, 0) is 42.5 Å². The number of hydrazine groups is 1. The molecule has 0 atom stereocenters. The van der Waals surface area contributed by atoms with E-state index in [-0.39, 0.29) is 12.2 Å². The van der Waals surface area contributed by atoms with Crippen LogP contribution in [-0.4, -0.2) is 30.3 Å². The first-order valence-electron chi connectivity index (χ1n) is 10.2. The molecular formula is C22H24N8O. The maximum absolute atomic E-state index is 12.3. The first-order chi connectivity index (χ1) is 15.0. The van der Waals surface area contributed by atoms with Gasteiger partial charge in [0.15, 0.2) is 0 Å². The van der Waals surface area contributed by atoms with E-state index in [0.29, 0.717) is 12.5 Å². The molecule has 1 fully saturated rings. The van der Waals surface area contributed by atoms with Gasteiger partial charge in [-0.3, -0.25) is 9.78 Å². The Morgan fingerprint density at radius 3 is 3.00 bits per heavy atom. The third-order valence-electron chi connectivity index (χ3n) is 5.41. The number of nitrogens with one attached hydrogen (secondary N) is 2. The molecule has 9 heteroatoms. The second-order valence-electron chi connectivity index (χ2n) is 7.91. The van der Waals surface area contributed by atoms with E-state index in [1.807, 2.05) is 35.0 Å². The highest BCUT2D eigenvalue weighted by molar-refractivity contribution is 5.92. The van der Waals surface area contributed by atoms with Gasteiger partial charge in [0.1, 0.15) is 11.3 Å². The van der Waals surface area contributed by atoms with E-state index in [4.69, 9.17) is 11.6 Å². The maximum atomic E-state index is 12.3. The number of hydrogen-bond acceptors (Lipinski definition) is 6. The highest BCUT2D eigenvalue weighted by Crippen LogP contribution is 2.39. The van der Waals surface area contributed by atoms with Crippen molar-refractivity contribution in [3.05, 3.63) is 77.9 Å². The molecule has 4 heterocycles. The number of nitrogens with two attached hydrogens (primary N) is 2. The van der Waals surface area contributed by atoms with Crippen molar-refractivity contribution in [1.29, 1.82) is 0 Å². The summed E-state index contributed by atoms with van der Waals surface area (Å²) >= 11 is 0. The maximum Gasteiger partial charge on any atom is 0.269 e. The van der Waals surface area contributed by atoms with Crippen LogP contribution < -0.4 is 16.9 Å². The van der Waals surface area contributed by atoms with Crippen molar-refractivity contribution in [3.63, 3.8) is 0 Å². The second-order valence-corrected chi connectivity index (χ2v) is 7.91. The van der Waals surface area contributed by atoms with E-state index in [1.165, 1.54) is 29.6 Å². The Morgan fingerprint density at radius 1 is 1.29 bits per heavy atom. The Balaban J connectivity index is 1.19. The van der Waals surface area contributed by atoms with Gasteiger partial charge in [-0.2, -0.15) is 0 Å². The Hall–Kier alpha value is -3.85. The molecule has 1 amide bonds. The molecule has 5 rings (SSSR count). The van der Waals surface area contributed by atoms with Crippen LogP contribution in [0.25, 0.3) is 16.6 Å². The van der Waals surface area contributed by atoms with Crippen LogP contribution in [0.2, 0.25) is 0 Å². The number of carbonyl (C=O) groups excluding carboxylic acids is 1. The zero-order valence-electron chi connectivity index (χ0n) is 17.0. The van der Waals surface area contributed by atoms with Gasteiger partial charge in [0.25, 0.3) is 5.91 Å². The lowest BCUT2D eigenvalue weighted by molar-refractivity contribution is -0.117. The predicted octanol–water partition coefficient (Wildman–Crippen LogP) is 1.88. The number of nitrogens with zero attached hydrogens (tertiary/aromatic N) is 4. The Kier molecular flexibility index (Phi) is 4.79. The number of imidazole rings is 1. The summed E-state index contributed by atoms with van der Waals surface area (Å²) in [6.45, 7) is 0.606. The van der Waals surface area contributed by atoms with Crippen molar-refractivity contribution in [2.24, 2.45) is 11.6 Å². The van der Waals surface area contributed by atoms with Crippen LogP contribution in [0.3, 0.4) is 0 Å². The summed E-state index contributed by atoms with van der Waals surface area (Å²) < 4.78 is 2.02. The molecule has 1 aliphatic rings. The molecule has 0 radical (unpaired) electrons. The van der Waals surface area contributed by atoms with E-state index in [0.717, 1.165) is 27.9 Å². The largest absolute Gasteiger partial charge is 0.393 e. The lowest BCUT2D eigenvalue weighted by atomic mass is 10.2. The highest BCUT2D eigenvalue weighted by atomic mass is 16.2. The topological polar surface area (TPSA) is 130 Å². The first kappa shape index (κ1) is 19.1. The number of aromatic nitrogens is 4. The summed E-state index contributed by atoms with van der Waals surface area (Å²) in [7, 11) is 0. The molecule has 4 aromatic heterocycles. The number of hydrogen-bond donors (Lipinski definition) is 4. The molecule has 158 valence electrons. The summed E-state index contributed by atoms with van der Waals surface area (Å²) in [6, 6.07) is 8.03. The summed E-state index contributed by atoms with van der Waals surface area (Å²) in [5.74, 6) is 6.32. The zero-order valence-corrected chi connectivity index (χ0v) is 17.0. The molecule has 9 nitrogen and oxygen atoms in total. The van der Waals surface area contributed by atoms with E-state index in [2.05, 4.69) is 32.5 Å². The van der Waals surface area contributed by atoms with Gasteiger partial charge >= 0.3 is 0 Å². The van der Waals surface area contributed by atoms with Crippen LogP contribution in [0.15, 0.2) is 60.9 Å². The van der Waals surface area contributed by atoms with Gasteiger partial charge in [-0.1, -0.05) is 6.07 Å². The molecule has 1 saturated carbocycles. The highest BCUT2D eigenvalue weighted by Gasteiger charge is 2.23.